The molecule has 1 aromatic carbocycles. The number of hydrogen-bond acceptors (Lipinski definition) is 4. The van der Waals surface area contributed by atoms with E-state index < -0.39 is 11.7 Å². The van der Waals surface area contributed by atoms with Crippen LogP contribution in [0.3, 0.4) is 0 Å². The zero-order chi connectivity index (χ0) is 17.7. The molecule has 2 rings (SSSR count). The van der Waals surface area contributed by atoms with Crippen molar-refractivity contribution in [1.82, 2.24) is 14.5 Å². The number of ether oxygens (including phenoxy) is 1. The summed E-state index contributed by atoms with van der Waals surface area (Å²) < 4.78 is 7.05. The second kappa shape index (κ2) is 7.16. The average molecular weight is 330 g/mol. The van der Waals surface area contributed by atoms with E-state index in [1.165, 1.54) is 11.9 Å². The molecule has 0 radical (unpaired) electrons. The van der Waals surface area contributed by atoms with Crippen molar-refractivity contribution in [3.05, 3.63) is 43.0 Å². The number of nitrogens with one attached hydrogen (secondary N) is 1. The van der Waals surface area contributed by atoms with Crippen LogP contribution < -0.4 is 5.32 Å². The number of nitrogens with zero attached hydrogens (tertiary/aromatic N) is 3. The highest BCUT2D eigenvalue weighted by Gasteiger charge is 2.21. The summed E-state index contributed by atoms with van der Waals surface area (Å²) in [6, 6.07) is 7.35. The van der Waals surface area contributed by atoms with Gasteiger partial charge in [-0.15, -0.1) is 0 Å². The van der Waals surface area contributed by atoms with Gasteiger partial charge in [0.1, 0.15) is 12.1 Å². The molecule has 0 unspecified atom stereocenters. The summed E-state index contributed by atoms with van der Waals surface area (Å²) in [5, 5.41) is 2.77. The van der Waals surface area contributed by atoms with Crippen LogP contribution in [0.15, 0.2) is 43.0 Å². The maximum Gasteiger partial charge on any atom is 0.410 e. The highest BCUT2D eigenvalue weighted by atomic mass is 16.6. The zero-order valence-electron chi connectivity index (χ0n) is 14.3. The van der Waals surface area contributed by atoms with Gasteiger partial charge in [0, 0.05) is 30.8 Å². The molecule has 1 N–H and O–H groups in total. The number of carbonyl (C=O) groups is 2. The third-order valence-corrected chi connectivity index (χ3v) is 3.02. The standard InChI is InChI=1S/C17H22N4O3/c1-17(2,3)24-16(23)20(4)11-15(22)19-13-6-5-7-14(10-13)21-9-8-18-12-21/h5-10,12H,11H2,1-4H3,(H,19,22). The third kappa shape index (κ3) is 5.12. The van der Waals surface area contributed by atoms with Gasteiger partial charge in [0.15, 0.2) is 0 Å². The fraction of sp³-hybridized carbons (Fsp3) is 0.353. The Morgan fingerprint density at radius 1 is 1.33 bits per heavy atom. The Morgan fingerprint density at radius 2 is 2.08 bits per heavy atom. The molecule has 0 aliphatic rings. The molecule has 0 bridgehead atoms. The lowest BCUT2D eigenvalue weighted by atomic mass is 10.2. The lowest BCUT2D eigenvalue weighted by Crippen LogP contribution is -2.38. The van der Waals surface area contributed by atoms with E-state index in [0.717, 1.165) is 5.69 Å². The van der Waals surface area contributed by atoms with E-state index >= 15 is 0 Å². The first-order chi connectivity index (χ1) is 11.2. The Morgan fingerprint density at radius 3 is 2.71 bits per heavy atom. The molecule has 0 saturated heterocycles. The van der Waals surface area contributed by atoms with Crippen molar-refractivity contribution in [2.45, 2.75) is 26.4 Å². The molecule has 7 heteroatoms. The van der Waals surface area contributed by atoms with Crippen LogP contribution in [0.2, 0.25) is 0 Å². The van der Waals surface area contributed by atoms with Crippen LogP contribution in [0.5, 0.6) is 0 Å². The smallest absolute Gasteiger partial charge is 0.410 e. The van der Waals surface area contributed by atoms with Crippen LogP contribution in [-0.4, -0.2) is 45.6 Å². The van der Waals surface area contributed by atoms with Crippen LogP contribution in [0.25, 0.3) is 5.69 Å². The van der Waals surface area contributed by atoms with Crippen molar-refractivity contribution in [3.63, 3.8) is 0 Å². The molecule has 24 heavy (non-hydrogen) atoms. The average Bonchev–Trinajstić information content (AvgIpc) is 2.99. The number of aromatic nitrogens is 2. The van der Waals surface area contributed by atoms with Gasteiger partial charge in [0.25, 0.3) is 0 Å². The van der Waals surface area contributed by atoms with Gasteiger partial charge < -0.3 is 19.5 Å². The topological polar surface area (TPSA) is 76.5 Å². The number of likely N-dealkylation sites (N-methyl/N-ethyl adjacent to an activating group) is 1. The van der Waals surface area contributed by atoms with E-state index in [1.54, 1.807) is 39.4 Å². The second-order valence-corrected chi connectivity index (χ2v) is 6.40. The summed E-state index contributed by atoms with van der Waals surface area (Å²) >= 11 is 0. The molecule has 1 heterocycles. The van der Waals surface area contributed by atoms with Crippen LogP contribution in [0.1, 0.15) is 20.8 Å². The Bertz CT molecular complexity index is 705. The molecular formula is C17H22N4O3. The first kappa shape index (κ1) is 17.5. The van der Waals surface area contributed by atoms with Gasteiger partial charge in [-0.1, -0.05) is 6.07 Å². The van der Waals surface area contributed by atoms with Crippen molar-refractivity contribution in [2.75, 3.05) is 18.9 Å². The fourth-order valence-electron chi connectivity index (χ4n) is 1.98. The summed E-state index contributed by atoms with van der Waals surface area (Å²) in [5.74, 6) is -0.300. The number of carbonyl (C=O) groups excluding carboxylic acids is 2. The maximum atomic E-state index is 12.1. The minimum absolute atomic E-state index is 0.0930. The molecule has 0 fully saturated rings. The Kier molecular flexibility index (Phi) is 5.23. The molecule has 2 aromatic rings. The zero-order valence-corrected chi connectivity index (χ0v) is 14.3. The van der Waals surface area contributed by atoms with Crippen LogP contribution in [-0.2, 0) is 9.53 Å². The fourth-order valence-corrected chi connectivity index (χ4v) is 1.98. The summed E-state index contributed by atoms with van der Waals surface area (Å²) in [6.45, 7) is 5.24. The number of benzene rings is 1. The Hall–Kier alpha value is -2.83. The van der Waals surface area contributed by atoms with Gasteiger partial charge in [0.2, 0.25) is 5.91 Å². The van der Waals surface area contributed by atoms with E-state index in [4.69, 9.17) is 4.74 Å². The monoisotopic (exact) mass is 330 g/mol. The number of hydrogen-bond donors (Lipinski definition) is 1. The maximum absolute atomic E-state index is 12.1. The van der Waals surface area contributed by atoms with Gasteiger partial charge in [-0.2, -0.15) is 0 Å². The largest absolute Gasteiger partial charge is 0.444 e. The van der Waals surface area contributed by atoms with E-state index in [1.807, 2.05) is 29.0 Å². The molecule has 1 aromatic heterocycles. The quantitative estimate of drug-likeness (QED) is 0.935. The SMILES string of the molecule is CN(CC(=O)Nc1cccc(-n2ccnc2)c1)C(=O)OC(C)(C)C. The second-order valence-electron chi connectivity index (χ2n) is 6.40. The van der Waals surface area contributed by atoms with Crippen molar-refractivity contribution in [2.24, 2.45) is 0 Å². The molecule has 0 saturated carbocycles. The number of imidazole rings is 1. The van der Waals surface area contributed by atoms with Crippen molar-refractivity contribution < 1.29 is 14.3 Å². The molecule has 0 atom stereocenters. The molecule has 7 nitrogen and oxygen atoms in total. The van der Waals surface area contributed by atoms with Gasteiger partial charge >= 0.3 is 6.09 Å². The third-order valence-electron chi connectivity index (χ3n) is 3.02. The van der Waals surface area contributed by atoms with Crippen LogP contribution >= 0.6 is 0 Å². The first-order valence-corrected chi connectivity index (χ1v) is 7.57. The normalized spacial score (nSPS) is 11.0. The highest BCUT2D eigenvalue weighted by Crippen LogP contribution is 2.14. The number of rotatable bonds is 4. The predicted molar refractivity (Wildman–Crippen MR) is 91.1 cm³/mol. The Balaban J connectivity index is 1.95. The molecular weight excluding hydrogens is 308 g/mol. The van der Waals surface area contributed by atoms with Gasteiger partial charge in [0.05, 0.1) is 6.33 Å². The number of amides is 2. The summed E-state index contributed by atoms with van der Waals surface area (Å²) in [5.41, 5.74) is 0.926. The molecule has 0 spiro atoms. The van der Waals surface area contributed by atoms with E-state index in [2.05, 4.69) is 10.3 Å². The summed E-state index contributed by atoms with van der Waals surface area (Å²) in [4.78, 5) is 29.2. The van der Waals surface area contributed by atoms with Gasteiger partial charge in [-0.25, -0.2) is 9.78 Å². The van der Waals surface area contributed by atoms with Gasteiger partial charge in [-0.05, 0) is 39.0 Å². The van der Waals surface area contributed by atoms with E-state index in [-0.39, 0.29) is 12.5 Å². The Labute approximate surface area is 141 Å². The molecule has 2 amide bonds. The van der Waals surface area contributed by atoms with Crippen LogP contribution in [0, 0.1) is 0 Å². The molecule has 128 valence electrons. The minimum Gasteiger partial charge on any atom is -0.444 e. The van der Waals surface area contributed by atoms with Gasteiger partial charge in [-0.3, -0.25) is 4.79 Å². The lowest BCUT2D eigenvalue weighted by molar-refractivity contribution is -0.117. The number of anilines is 1. The van der Waals surface area contributed by atoms with Crippen molar-refractivity contribution in [3.8, 4) is 5.69 Å². The van der Waals surface area contributed by atoms with Crippen molar-refractivity contribution in [1.29, 1.82) is 0 Å². The van der Waals surface area contributed by atoms with E-state index in [9.17, 15) is 9.59 Å². The van der Waals surface area contributed by atoms with Crippen LogP contribution in [0.4, 0.5) is 10.5 Å². The van der Waals surface area contributed by atoms with E-state index in [0.29, 0.717) is 5.69 Å². The lowest BCUT2D eigenvalue weighted by Gasteiger charge is -2.24. The molecule has 0 aliphatic carbocycles. The molecule has 0 aliphatic heterocycles. The minimum atomic E-state index is -0.596. The predicted octanol–water partition coefficient (Wildman–Crippen LogP) is 2.68. The first-order valence-electron chi connectivity index (χ1n) is 7.57. The summed E-state index contributed by atoms with van der Waals surface area (Å²) in [7, 11) is 1.52. The highest BCUT2D eigenvalue weighted by molar-refractivity contribution is 5.94. The van der Waals surface area contributed by atoms with Crippen molar-refractivity contribution >= 4 is 17.7 Å². The summed E-state index contributed by atoms with van der Waals surface area (Å²) in [6.07, 6.45) is 4.64.